The second kappa shape index (κ2) is 23.6. The smallest absolute Gasteiger partial charge is 0.269 e. The molecule has 0 saturated heterocycles. The fourth-order valence-electron chi connectivity index (χ4n) is 0.598. The lowest BCUT2D eigenvalue weighted by molar-refractivity contribution is -0.442. The Hall–Kier alpha value is -1.13. The highest BCUT2D eigenvalue weighted by atomic mass is 16.5. The van der Waals surface area contributed by atoms with E-state index < -0.39 is 0 Å². The van der Waals surface area contributed by atoms with Crippen LogP contribution in [0.2, 0.25) is 0 Å². The summed E-state index contributed by atoms with van der Waals surface area (Å²) in [4.78, 5) is 0. The fourth-order valence-corrected chi connectivity index (χ4v) is 0.598. The molecule has 0 spiro atoms. The molecule has 16 heavy (non-hydrogen) atoms. The van der Waals surface area contributed by atoms with Crippen LogP contribution in [0.1, 0.15) is 61.3 Å². The number of hydrogen-bond donors (Lipinski definition) is 1. The average molecular weight is 233 g/mol. The van der Waals surface area contributed by atoms with Gasteiger partial charge in [0.05, 0.1) is 6.54 Å². The van der Waals surface area contributed by atoms with Crippen LogP contribution in [0.15, 0.2) is 4.52 Å². The first kappa shape index (κ1) is 20.3. The molecule has 98 valence electrons. The van der Waals surface area contributed by atoms with Crippen LogP contribution in [0.3, 0.4) is 0 Å². The van der Waals surface area contributed by atoms with Crippen LogP contribution in [0, 0.1) is 0 Å². The van der Waals surface area contributed by atoms with E-state index in [0.29, 0.717) is 6.01 Å². The Morgan fingerprint density at radius 3 is 2.06 bits per heavy atom. The van der Waals surface area contributed by atoms with Crippen molar-refractivity contribution in [3.05, 3.63) is 0 Å². The third-order valence-corrected chi connectivity index (χ3v) is 1.14. The Morgan fingerprint density at radius 2 is 1.69 bits per heavy atom. The Bertz CT molecular complexity index is 167. The molecule has 1 aromatic heterocycles. The number of aromatic amines is 1. The molecule has 2 N–H and O–H groups in total. The van der Waals surface area contributed by atoms with E-state index in [9.17, 15) is 0 Å². The van der Waals surface area contributed by atoms with E-state index in [-0.39, 0.29) is 0 Å². The minimum absolute atomic E-state index is 0.522. The van der Waals surface area contributed by atoms with Crippen LogP contribution >= 0.6 is 0 Å². The molecule has 0 atom stereocenters. The number of nitrogens with zero attached hydrogens (tertiary/aromatic N) is 2. The molecule has 0 unspecified atom stereocenters. The largest absolute Gasteiger partial charge is 0.453 e. The summed E-state index contributed by atoms with van der Waals surface area (Å²) in [7, 11) is 0. The highest BCUT2D eigenvalue weighted by Gasteiger charge is 2.02. The maximum absolute atomic E-state index is 4.65. The van der Waals surface area contributed by atoms with Gasteiger partial charge in [0.25, 0.3) is 0 Å². The molecule has 5 nitrogen and oxygen atoms in total. The monoisotopic (exact) mass is 233 g/mol. The average Bonchev–Trinajstić information content (AvgIpc) is 2.90. The van der Waals surface area contributed by atoms with Crippen LogP contribution < -0.4 is 10.4 Å². The lowest BCUT2D eigenvalue weighted by Crippen LogP contribution is -2.12. The first-order valence-corrected chi connectivity index (χ1v) is 6.37. The van der Waals surface area contributed by atoms with E-state index in [1.54, 1.807) is 0 Å². The summed E-state index contributed by atoms with van der Waals surface area (Å²) in [6, 6.07) is 0.522. The van der Waals surface area contributed by atoms with Gasteiger partial charge in [0.1, 0.15) is 5.21 Å². The molecule has 0 aliphatic carbocycles. The number of unbranched alkanes of at least 4 members (excludes halogenated alkanes) is 1. The summed E-state index contributed by atoms with van der Waals surface area (Å²) in [5.74, 6) is 0. The summed E-state index contributed by atoms with van der Waals surface area (Å²) >= 11 is 0. The van der Waals surface area contributed by atoms with E-state index in [2.05, 4.69) is 32.3 Å². The summed E-state index contributed by atoms with van der Waals surface area (Å²) in [6.07, 6.45) is 2.28. The van der Waals surface area contributed by atoms with Crippen molar-refractivity contribution in [2.45, 2.75) is 61.3 Å². The minimum Gasteiger partial charge on any atom is -0.269 e. The third kappa shape index (κ3) is 15.3. The zero-order valence-electron chi connectivity index (χ0n) is 11.9. The predicted molar refractivity (Wildman–Crippen MR) is 68.3 cm³/mol. The molecular formula is C11H29N4O+. The van der Waals surface area contributed by atoms with Crippen molar-refractivity contribution < 1.29 is 9.62 Å². The van der Waals surface area contributed by atoms with Crippen LogP contribution in [0.4, 0.5) is 6.01 Å². The first-order valence-electron chi connectivity index (χ1n) is 6.37. The van der Waals surface area contributed by atoms with Gasteiger partial charge in [-0.2, -0.15) is 4.52 Å². The summed E-state index contributed by atoms with van der Waals surface area (Å²) < 4.78 is 4.65. The lowest BCUT2D eigenvalue weighted by Gasteiger charge is -1.90. The van der Waals surface area contributed by atoms with E-state index in [4.69, 9.17) is 0 Å². The van der Waals surface area contributed by atoms with Crippen molar-refractivity contribution in [2.75, 3.05) is 11.9 Å². The molecule has 0 saturated carbocycles. The minimum atomic E-state index is 0.522. The Morgan fingerprint density at radius 1 is 1.12 bits per heavy atom. The maximum Gasteiger partial charge on any atom is 0.453 e. The molecule has 0 fully saturated rings. The van der Waals surface area contributed by atoms with Crippen molar-refractivity contribution >= 4 is 6.01 Å². The second-order valence-corrected chi connectivity index (χ2v) is 1.99. The molecule has 5 heteroatoms. The highest BCUT2D eigenvalue weighted by molar-refractivity contribution is 5.06. The number of H-pyrrole nitrogens is 1. The van der Waals surface area contributed by atoms with Gasteiger partial charge >= 0.3 is 6.01 Å². The van der Waals surface area contributed by atoms with Crippen molar-refractivity contribution in [2.24, 2.45) is 0 Å². The van der Waals surface area contributed by atoms with Gasteiger partial charge in [-0.05, 0) is 6.42 Å². The standard InChI is InChI=1S/C5H10N4O.3C2H6/c1-2-3-4-6-5-7-8-9-10-5;3*1-2/h2-4H2,1H3,(H,6,7,9);3*1-2H3/p+1. The van der Waals surface area contributed by atoms with Crippen molar-refractivity contribution in [1.29, 1.82) is 0 Å². The molecule has 0 aliphatic rings. The predicted octanol–water partition coefficient (Wildman–Crippen LogP) is 3.17. The van der Waals surface area contributed by atoms with Gasteiger partial charge in [-0.3, -0.25) is 5.32 Å². The number of anilines is 1. The molecule has 1 heterocycles. The van der Waals surface area contributed by atoms with E-state index in [1.807, 2.05) is 41.5 Å². The second-order valence-electron chi connectivity index (χ2n) is 1.99. The number of aromatic nitrogens is 3. The molecule has 0 amide bonds. The summed E-state index contributed by atoms with van der Waals surface area (Å²) in [5, 5.41) is 12.2. The normalized spacial score (nSPS) is 7.19. The fraction of sp³-hybridized carbons (Fsp3) is 0.909. The number of nitrogens with one attached hydrogen (secondary N) is 2. The molecule has 0 bridgehead atoms. The topological polar surface area (TPSA) is 65.1 Å². The highest BCUT2D eigenvalue weighted by Crippen LogP contribution is 1.92. The SMILES string of the molecule is CC.CC.CC.CCCCNc1[nH+]nno1. The van der Waals surface area contributed by atoms with E-state index >= 15 is 0 Å². The molecule has 0 radical (unpaired) electrons. The van der Waals surface area contributed by atoms with Crippen LogP contribution in [-0.4, -0.2) is 17.0 Å². The summed E-state index contributed by atoms with van der Waals surface area (Å²) in [6.45, 7) is 15.0. The maximum atomic E-state index is 4.65. The third-order valence-electron chi connectivity index (χ3n) is 1.14. The van der Waals surface area contributed by atoms with Crippen LogP contribution in [0.25, 0.3) is 0 Å². The zero-order chi connectivity index (χ0) is 13.2. The van der Waals surface area contributed by atoms with Crippen LogP contribution in [-0.2, 0) is 0 Å². The first-order chi connectivity index (χ1) is 7.93. The van der Waals surface area contributed by atoms with Gasteiger partial charge in [0, 0.05) is 0 Å². The van der Waals surface area contributed by atoms with Gasteiger partial charge in [0.15, 0.2) is 0 Å². The van der Waals surface area contributed by atoms with Gasteiger partial charge in [-0.15, -0.1) is 5.10 Å². The van der Waals surface area contributed by atoms with Crippen LogP contribution in [0.5, 0.6) is 0 Å². The van der Waals surface area contributed by atoms with Crippen molar-refractivity contribution in [1.82, 2.24) is 10.5 Å². The molecule has 1 rings (SSSR count). The van der Waals surface area contributed by atoms with Gasteiger partial charge in [0.2, 0.25) is 5.27 Å². The van der Waals surface area contributed by atoms with E-state index in [1.165, 1.54) is 0 Å². The lowest BCUT2D eigenvalue weighted by atomic mass is 10.3. The molecule has 1 aromatic rings. The number of hydrogen-bond acceptors (Lipinski definition) is 4. The quantitative estimate of drug-likeness (QED) is 0.811. The zero-order valence-corrected chi connectivity index (χ0v) is 11.9. The Balaban J connectivity index is -0.000000245. The van der Waals surface area contributed by atoms with Gasteiger partial charge in [-0.1, -0.05) is 54.9 Å². The van der Waals surface area contributed by atoms with Gasteiger partial charge in [-0.25, -0.2) is 0 Å². The number of rotatable bonds is 4. The van der Waals surface area contributed by atoms with E-state index in [0.717, 1.165) is 19.4 Å². The Labute approximate surface area is 100.0 Å². The van der Waals surface area contributed by atoms with Gasteiger partial charge < -0.3 is 0 Å². The summed E-state index contributed by atoms with van der Waals surface area (Å²) in [5.41, 5.74) is 0. The molecule has 0 aliphatic heterocycles. The molecule has 0 aromatic carbocycles. The molecular weight excluding hydrogens is 204 g/mol. The van der Waals surface area contributed by atoms with Crippen molar-refractivity contribution in [3.63, 3.8) is 0 Å². The van der Waals surface area contributed by atoms with Crippen molar-refractivity contribution in [3.8, 4) is 0 Å². The Kier molecular flexibility index (Phi) is 29.9.